The Hall–Kier alpha value is -0.610. The third-order valence-corrected chi connectivity index (χ3v) is 3.33. The summed E-state index contributed by atoms with van der Waals surface area (Å²) in [7, 11) is 0. The zero-order valence-corrected chi connectivity index (χ0v) is 10.8. The smallest absolute Gasteiger partial charge is 0.324 e. The van der Waals surface area contributed by atoms with E-state index in [1.54, 1.807) is 0 Å². The largest absolute Gasteiger partial charge is 0.465 e. The van der Waals surface area contributed by atoms with Gasteiger partial charge in [0.1, 0.15) is 6.04 Å². The second-order valence-electron chi connectivity index (χ2n) is 4.69. The summed E-state index contributed by atoms with van der Waals surface area (Å²) in [4.78, 5) is 14.1. The van der Waals surface area contributed by atoms with Gasteiger partial charge in [0.15, 0.2) is 0 Å². The first-order chi connectivity index (χ1) is 7.57. The summed E-state index contributed by atoms with van der Waals surface area (Å²) < 4.78 is 5.12. The van der Waals surface area contributed by atoms with Crippen LogP contribution in [-0.2, 0) is 9.53 Å². The van der Waals surface area contributed by atoms with Crippen LogP contribution >= 0.6 is 0 Å². The van der Waals surface area contributed by atoms with E-state index in [4.69, 9.17) is 4.74 Å². The van der Waals surface area contributed by atoms with E-state index in [9.17, 15) is 4.79 Å². The number of esters is 1. The highest BCUT2D eigenvalue weighted by Crippen LogP contribution is 2.16. The molecule has 0 saturated carbocycles. The van der Waals surface area contributed by atoms with Gasteiger partial charge < -0.3 is 10.1 Å². The molecule has 1 saturated heterocycles. The molecule has 1 fully saturated rings. The van der Waals surface area contributed by atoms with Gasteiger partial charge in [0.05, 0.1) is 6.61 Å². The normalized spacial score (nSPS) is 24.4. The molecule has 0 spiro atoms. The molecule has 1 aliphatic rings. The average molecular weight is 228 g/mol. The van der Waals surface area contributed by atoms with Crippen LogP contribution in [0.25, 0.3) is 0 Å². The Balaban J connectivity index is 2.66. The number of carbonyl (C=O) groups is 1. The topological polar surface area (TPSA) is 41.6 Å². The summed E-state index contributed by atoms with van der Waals surface area (Å²) in [6.07, 6.45) is 0. The Morgan fingerprint density at radius 1 is 1.50 bits per heavy atom. The molecule has 2 unspecified atom stereocenters. The molecule has 16 heavy (non-hydrogen) atoms. The lowest BCUT2D eigenvalue weighted by Gasteiger charge is -2.40. The lowest BCUT2D eigenvalue weighted by molar-refractivity contribution is -0.151. The highest BCUT2D eigenvalue weighted by molar-refractivity contribution is 5.76. The fourth-order valence-electron chi connectivity index (χ4n) is 2.05. The van der Waals surface area contributed by atoms with Crippen molar-refractivity contribution in [3.05, 3.63) is 0 Å². The van der Waals surface area contributed by atoms with Gasteiger partial charge in [-0.1, -0.05) is 13.8 Å². The minimum Gasteiger partial charge on any atom is -0.465 e. The number of hydrogen-bond acceptors (Lipinski definition) is 4. The molecule has 94 valence electrons. The van der Waals surface area contributed by atoms with Gasteiger partial charge in [-0.25, -0.2) is 0 Å². The summed E-state index contributed by atoms with van der Waals surface area (Å²) in [5.41, 5.74) is 0. The molecule has 0 radical (unpaired) electrons. The number of piperazine rings is 1. The van der Waals surface area contributed by atoms with Crippen molar-refractivity contribution in [1.29, 1.82) is 0 Å². The first-order valence-corrected chi connectivity index (χ1v) is 6.21. The molecule has 1 N–H and O–H groups in total. The van der Waals surface area contributed by atoms with Crippen LogP contribution in [0.3, 0.4) is 0 Å². The van der Waals surface area contributed by atoms with Crippen LogP contribution in [-0.4, -0.2) is 49.2 Å². The molecule has 4 heteroatoms. The van der Waals surface area contributed by atoms with E-state index < -0.39 is 0 Å². The molecule has 1 rings (SSSR count). The van der Waals surface area contributed by atoms with E-state index in [0.717, 1.165) is 13.1 Å². The number of hydrogen-bond donors (Lipinski definition) is 1. The van der Waals surface area contributed by atoms with Crippen LogP contribution in [0.4, 0.5) is 0 Å². The quantitative estimate of drug-likeness (QED) is 0.725. The zero-order chi connectivity index (χ0) is 12.1. The maximum atomic E-state index is 11.8. The minimum atomic E-state index is -0.119. The number of nitrogens with zero attached hydrogens (tertiary/aromatic N) is 1. The lowest BCUT2D eigenvalue weighted by atomic mass is 10.0. The monoisotopic (exact) mass is 228 g/mol. The average Bonchev–Trinajstić information content (AvgIpc) is 2.28. The second kappa shape index (κ2) is 6.21. The summed E-state index contributed by atoms with van der Waals surface area (Å²) >= 11 is 0. The first-order valence-electron chi connectivity index (χ1n) is 6.21. The maximum absolute atomic E-state index is 11.8. The van der Waals surface area contributed by atoms with E-state index in [1.807, 2.05) is 6.92 Å². The summed E-state index contributed by atoms with van der Waals surface area (Å²) in [6.45, 7) is 11.4. The Labute approximate surface area is 98.3 Å². The first kappa shape index (κ1) is 13.5. The van der Waals surface area contributed by atoms with Gasteiger partial charge in [0, 0.05) is 25.7 Å². The van der Waals surface area contributed by atoms with Gasteiger partial charge in [-0.2, -0.15) is 0 Å². The van der Waals surface area contributed by atoms with Crippen LogP contribution in [0.1, 0.15) is 27.7 Å². The standard InChI is InChI=1S/C12H24N2O2/c1-5-16-12(15)11-8-13-6-7-14(11)10(4)9(2)3/h9-11,13H,5-8H2,1-4H3. The van der Waals surface area contributed by atoms with Crippen molar-refractivity contribution in [3.8, 4) is 0 Å². The van der Waals surface area contributed by atoms with Crippen LogP contribution < -0.4 is 5.32 Å². The fourth-order valence-corrected chi connectivity index (χ4v) is 2.05. The minimum absolute atomic E-state index is 0.0952. The highest BCUT2D eigenvalue weighted by atomic mass is 16.5. The Morgan fingerprint density at radius 3 is 2.75 bits per heavy atom. The van der Waals surface area contributed by atoms with Crippen LogP contribution in [0, 0.1) is 5.92 Å². The van der Waals surface area contributed by atoms with Gasteiger partial charge in [-0.3, -0.25) is 9.69 Å². The second-order valence-corrected chi connectivity index (χ2v) is 4.69. The van der Waals surface area contributed by atoms with Crippen molar-refractivity contribution in [3.63, 3.8) is 0 Å². The molecular weight excluding hydrogens is 204 g/mol. The molecule has 0 aliphatic carbocycles. The summed E-state index contributed by atoms with van der Waals surface area (Å²) in [5.74, 6) is 0.456. The third kappa shape index (κ3) is 3.19. The van der Waals surface area contributed by atoms with Crippen molar-refractivity contribution < 1.29 is 9.53 Å². The van der Waals surface area contributed by atoms with Crippen molar-refractivity contribution in [2.45, 2.75) is 39.8 Å². The van der Waals surface area contributed by atoms with Crippen molar-refractivity contribution in [2.75, 3.05) is 26.2 Å². The molecule has 1 aliphatic heterocycles. The van der Waals surface area contributed by atoms with Gasteiger partial charge in [0.25, 0.3) is 0 Å². The van der Waals surface area contributed by atoms with Gasteiger partial charge in [0.2, 0.25) is 0 Å². The lowest BCUT2D eigenvalue weighted by Crippen LogP contribution is -2.59. The summed E-state index contributed by atoms with van der Waals surface area (Å²) in [5, 5.41) is 3.26. The van der Waals surface area contributed by atoms with Gasteiger partial charge in [-0.15, -0.1) is 0 Å². The molecule has 1 heterocycles. The zero-order valence-electron chi connectivity index (χ0n) is 10.8. The molecule has 4 nitrogen and oxygen atoms in total. The number of rotatable bonds is 4. The van der Waals surface area contributed by atoms with Crippen molar-refractivity contribution >= 4 is 5.97 Å². The molecule has 2 atom stereocenters. The molecule has 0 aromatic carbocycles. The van der Waals surface area contributed by atoms with Crippen LogP contribution in [0.15, 0.2) is 0 Å². The van der Waals surface area contributed by atoms with Gasteiger partial charge in [-0.05, 0) is 19.8 Å². The maximum Gasteiger partial charge on any atom is 0.324 e. The Morgan fingerprint density at radius 2 is 2.19 bits per heavy atom. The van der Waals surface area contributed by atoms with Crippen LogP contribution in [0.5, 0.6) is 0 Å². The predicted molar refractivity (Wildman–Crippen MR) is 64.3 cm³/mol. The van der Waals surface area contributed by atoms with E-state index in [2.05, 4.69) is 31.0 Å². The highest BCUT2D eigenvalue weighted by Gasteiger charge is 2.33. The molecule has 0 bridgehead atoms. The summed E-state index contributed by atoms with van der Waals surface area (Å²) in [6, 6.07) is 0.294. The third-order valence-electron chi connectivity index (χ3n) is 3.33. The van der Waals surface area contributed by atoms with Crippen molar-refractivity contribution in [2.24, 2.45) is 5.92 Å². The van der Waals surface area contributed by atoms with E-state index in [1.165, 1.54) is 0 Å². The number of ether oxygens (including phenoxy) is 1. The van der Waals surface area contributed by atoms with Crippen LogP contribution in [0.2, 0.25) is 0 Å². The van der Waals surface area contributed by atoms with E-state index in [-0.39, 0.29) is 12.0 Å². The number of carbonyl (C=O) groups excluding carboxylic acids is 1. The Bertz CT molecular complexity index is 231. The van der Waals surface area contributed by atoms with Crippen molar-refractivity contribution in [1.82, 2.24) is 10.2 Å². The van der Waals surface area contributed by atoms with E-state index >= 15 is 0 Å². The SMILES string of the molecule is CCOC(=O)C1CNCCN1C(C)C(C)C. The molecular formula is C12H24N2O2. The number of nitrogens with one attached hydrogen (secondary N) is 1. The molecule has 0 aromatic rings. The van der Waals surface area contributed by atoms with E-state index in [0.29, 0.717) is 25.1 Å². The van der Waals surface area contributed by atoms with Gasteiger partial charge >= 0.3 is 5.97 Å². The molecule has 0 aromatic heterocycles. The fraction of sp³-hybridized carbons (Fsp3) is 0.917. The Kier molecular flexibility index (Phi) is 5.22. The predicted octanol–water partition coefficient (Wildman–Crippen LogP) is 0.868. The molecule has 0 amide bonds.